The van der Waals surface area contributed by atoms with E-state index in [1.54, 1.807) is 12.1 Å². The summed E-state index contributed by atoms with van der Waals surface area (Å²) in [5.74, 6) is -3.25. The average molecular weight is 387 g/mol. The molecule has 0 amide bonds. The van der Waals surface area contributed by atoms with Gasteiger partial charge in [0.05, 0.1) is 11.9 Å². The third-order valence-corrected chi connectivity index (χ3v) is 2.25. The Hall–Kier alpha value is -2.10. The van der Waals surface area contributed by atoms with Gasteiger partial charge >= 0.3 is 27.3 Å². The Labute approximate surface area is 140 Å². The van der Waals surface area contributed by atoms with Crippen LogP contribution in [0.4, 0.5) is 0 Å². The molecule has 0 bridgehead atoms. The predicted molar refractivity (Wildman–Crippen MR) is 64.9 cm³/mol. The molecule has 7 heteroatoms. The number of phenols is 2. The summed E-state index contributed by atoms with van der Waals surface area (Å²) in [5.41, 5.74) is -0.356. The van der Waals surface area contributed by atoms with E-state index in [1.807, 2.05) is 0 Å². The van der Waals surface area contributed by atoms with E-state index in [-0.39, 0.29) is 49.9 Å². The van der Waals surface area contributed by atoms with Crippen LogP contribution in [0, 0.1) is 0 Å². The van der Waals surface area contributed by atoms with E-state index in [4.69, 9.17) is 10.2 Å². The Bertz CT molecular complexity index is 571. The van der Waals surface area contributed by atoms with Crippen molar-refractivity contribution in [1.29, 1.82) is 0 Å². The number of carbonyl (C=O) groups excluding carboxylic acids is 2. The molecule has 0 spiro atoms. The first kappa shape index (κ1) is 18.9. The number of benzene rings is 2. The summed E-state index contributed by atoms with van der Waals surface area (Å²) in [6.07, 6.45) is 0. The summed E-state index contributed by atoms with van der Waals surface area (Å²) < 4.78 is 0. The van der Waals surface area contributed by atoms with Crippen LogP contribution >= 0.6 is 0 Å². The van der Waals surface area contributed by atoms with Gasteiger partial charge in [-0.3, -0.25) is 0 Å². The van der Waals surface area contributed by atoms with E-state index in [1.165, 1.54) is 36.4 Å². The molecule has 0 aliphatic heterocycles. The Morgan fingerprint density at radius 2 is 1.00 bits per heavy atom. The molecule has 2 aromatic rings. The van der Waals surface area contributed by atoms with Crippen molar-refractivity contribution in [2.75, 3.05) is 0 Å². The molecule has 2 rings (SSSR count). The van der Waals surface area contributed by atoms with E-state index in [9.17, 15) is 19.8 Å². The number of carboxylic acids is 2. The Morgan fingerprint density at radius 3 is 1.19 bits per heavy atom. The first-order valence-corrected chi connectivity index (χ1v) is 5.42. The first-order chi connectivity index (χ1) is 9.43. The number of carboxylic acid groups (broad SMARTS) is 2. The number of rotatable bonds is 2. The van der Waals surface area contributed by atoms with E-state index in [2.05, 4.69) is 0 Å². The first-order valence-electron chi connectivity index (χ1n) is 5.42. The van der Waals surface area contributed by atoms with Gasteiger partial charge in [-0.2, -0.15) is 0 Å². The molecule has 2 aromatic carbocycles. The third-order valence-electron chi connectivity index (χ3n) is 2.25. The fourth-order valence-corrected chi connectivity index (χ4v) is 1.29. The van der Waals surface area contributed by atoms with Crippen molar-refractivity contribution in [3.63, 3.8) is 0 Å². The maximum Gasteiger partial charge on any atom is 2.00 e. The molecule has 21 heavy (non-hydrogen) atoms. The summed E-state index contributed by atoms with van der Waals surface area (Å²) in [4.78, 5) is 20.3. The van der Waals surface area contributed by atoms with Gasteiger partial charge in [0.1, 0.15) is 11.5 Å². The largest absolute Gasteiger partial charge is 2.00 e. The molecule has 0 aromatic heterocycles. The number of hydrogen-bond donors (Lipinski definition) is 2. The topological polar surface area (TPSA) is 121 Å². The van der Waals surface area contributed by atoms with Crippen LogP contribution < -0.4 is 10.2 Å². The van der Waals surface area contributed by atoms with Gasteiger partial charge in [0, 0.05) is 11.1 Å². The molecular formula is C14H10CdO6. The minimum Gasteiger partial charge on any atom is -0.545 e. The zero-order chi connectivity index (χ0) is 15.1. The zero-order valence-electron chi connectivity index (χ0n) is 10.9. The van der Waals surface area contributed by atoms with Gasteiger partial charge < -0.3 is 30.0 Å². The summed E-state index contributed by atoms with van der Waals surface area (Å²) in [5, 5.41) is 38.0. The van der Waals surface area contributed by atoms with Gasteiger partial charge in [0.25, 0.3) is 0 Å². The summed E-state index contributed by atoms with van der Waals surface area (Å²) in [6.45, 7) is 0. The molecule has 0 unspecified atom stereocenters. The molecule has 0 atom stereocenters. The number of aromatic carboxylic acids is 2. The minimum atomic E-state index is -1.36. The summed E-state index contributed by atoms with van der Waals surface area (Å²) >= 11 is 0. The number of carbonyl (C=O) groups is 2. The fraction of sp³-hybridized carbons (Fsp3) is 0. The molecule has 0 aliphatic carbocycles. The van der Waals surface area contributed by atoms with Crippen molar-refractivity contribution in [2.45, 2.75) is 0 Å². The second-order valence-electron chi connectivity index (χ2n) is 3.61. The van der Waals surface area contributed by atoms with E-state index in [0.29, 0.717) is 0 Å². The molecule has 2 N–H and O–H groups in total. The predicted octanol–water partition coefficient (Wildman–Crippen LogP) is -0.491. The molecule has 0 fully saturated rings. The molecule has 0 aliphatic rings. The molecule has 0 radical (unpaired) electrons. The van der Waals surface area contributed by atoms with Gasteiger partial charge in [-0.15, -0.1) is 0 Å². The zero-order valence-corrected chi connectivity index (χ0v) is 14.9. The molecular weight excluding hydrogens is 377 g/mol. The summed E-state index contributed by atoms with van der Waals surface area (Å²) in [6, 6.07) is 11.3. The number of aromatic hydroxyl groups is 2. The molecule has 0 saturated heterocycles. The average Bonchev–Trinajstić information content (AvgIpc) is 2.40. The van der Waals surface area contributed by atoms with Crippen LogP contribution in [0.5, 0.6) is 11.5 Å². The maximum atomic E-state index is 10.2. The van der Waals surface area contributed by atoms with E-state index >= 15 is 0 Å². The van der Waals surface area contributed by atoms with Gasteiger partial charge in [-0.05, 0) is 24.3 Å². The fourth-order valence-electron chi connectivity index (χ4n) is 1.29. The molecule has 6 nitrogen and oxygen atoms in total. The maximum absolute atomic E-state index is 10.2. The SMILES string of the molecule is O=C([O-])c1ccccc1O.O=C([O-])c1ccccc1O.[Cd+2]. The monoisotopic (exact) mass is 388 g/mol. The standard InChI is InChI=1S/2C7H6O3.Cd/c2*8-6-4-2-1-3-5(6)7(9)10;/h2*1-4,8H,(H,9,10);/q;;+2/p-2. The van der Waals surface area contributed by atoms with Crippen LogP contribution in [-0.4, -0.2) is 22.2 Å². The van der Waals surface area contributed by atoms with E-state index < -0.39 is 11.9 Å². The Balaban J connectivity index is 0.000000364. The van der Waals surface area contributed by atoms with Gasteiger partial charge in [0.15, 0.2) is 0 Å². The van der Waals surface area contributed by atoms with Crippen molar-refractivity contribution in [1.82, 2.24) is 0 Å². The smallest absolute Gasteiger partial charge is 0.545 e. The van der Waals surface area contributed by atoms with Gasteiger partial charge in [-0.25, -0.2) is 0 Å². The second-order valence-corrected chi connectivity index (χ2v) is 3.61. The van der Waals surface area contributed by atoms with Crippen molar-refractivity contribution in [2.24, 2.45) is 0 Å². The number of para-hydroxylation sites is 2. The number of hydrogen-bond acceptors (Lipinski definition) is 6. The quantitative estimate of drug-likeness (QED) is 0.672. The van der Waals surface area contributed by atoms with Crippen LogP contribution in [0.15, 0.2) is 48.5 Å². The van der Waals surface area contributed by atoms with Crippen molar-refractivity contribution < 1.29 is 57.3 Å². The second kappa shape index (κ2) is 8.95. The molecule has 0 heterocycles. The van der Waals surface area contributed by atoms with Crippen molar-refractivity contribution >= 4 is 11.9 Å². The summed E-state index contributed by atoms with van der Waals surface area (Å²) in [7, 11) is 0. The molecule has 104 valence electrons. The Kier molecular flexibility index (Phi) is 8.06. The van der Waals surface area contributed by atoms with Crippen LogP contribution in [0.25, 0.3) is 0 Å². The van der Waals surface area contributed by atoms with Gasteiger partial charge in [-0.1, -0.05) is 24.3 Å². The minimum absolute atomic E-state index is 0. The van der Waals surface area contributed by atoms with Crippen LogP contribution in [0.3, 0.4) is 0 Å². The normalized spacial score (nSPS) is 8.76. The van der Waals surface area contributed by atoms with Crippen LogP contribution in [0.1, 0.15) is 20.7 Å². The van der Waals surface area contributed by atoms with E-state index in [0.717, 1.165) is 0 Å². The van der Waals surface area contributed by atoms with Crippen molar-refractivity contribution in [3.05, 3.63) is 59.7 Å². The van der Waals surface area contributed by atoms with Gasteiger partial charge in [0.2, 0.25) is 0 Å². The van der Waals surface area contributed by atoms with Crippen LogP contribution in [-0.2, 0) is 27.3 Å². The third kappa shape index (κ3) is 5.81. The molecule has 0 saturated carbocycles. The Morgan fingerprint density at radius 1 is 0.714 bits per heavy atom. The van der Waals surface area contributed by atoms with Crippen molar-refractivity contribution in [3.8, 4) is 11.5 Å². The van der Waals surface area contributed by atoms with Crippen LogP contribution in [0.2, 0.25) is 0 Å².